The molecule has 2 fully saturated rings. The van der Waals surface area contributed by atoms with Gasteiger partial charge in [-0.25, -0.2) is 0 Å². The van der Waals surface area contributed by atoms with Gasteiger partial charge in [-0.05, 0) is 43.7 Å². The van der Waals surface area contributed by atoms with Crippen molar-refractivity contribution in [1.29, 1.82) is 0 Å². The number of carbonyl (C=O) groups excluding carboxylic acids is 1. The summed E-state index contributed by atoms with van der Waals surface area (Å²) >= 11 is 0. The van der Waals surface area contributed by atoms with Crippen LogP contribution in [0.25, 0.3) is 0 Å². The number of amides is 1. The number of carbonyl (C=O) groups is 2. The standard InChI is InChI=1S/C20H28N2O3/c23-18(14-22-13-7-12-17(22)20(24)25)21-19(15-8-3-1-4-9-15)16-10-5-2-6-11-16/h1,3-4,8-9,16-17,19H,2,5-7,10-14H2,(H,21,23)(H,24,25)/t17-,19-/m1/s1. The van der Waals surface area contributed by atoms with Gasteiger partial charge in [0, 0.05) is 0 Å². The second kappa shape index (κ2) is 8.48. The highest BCUT2D eigenvalue weighted by molar-refractivity contribution is 5.80. The Bertz CT molecular complexity index is 584. The van der Waals surface area contributed by atoms with Gasteiger partial charge in [0.05, 0.1) is 12.6 Å². The smallest absolute Gasteiger partial charge is 0.320 e. The molecule has 1 aliphatic carbocycles. The van der Waals surface area contributed by atoms with Crippen molar-refractivity contribution in [2.24, 2.45) is 5.92 Å². The van der Waals surface area contributed by atoms with Crippen LogP contribution in [0.2, 0.25) is 0 Å². The van der Waals surface area contributed by atoms with E-state index in [1.807, 2.05) is 18.2 Å². The van der Waals surface area contributed by atoms with Gasteiger partial charge in [0.25, 0.3) is 0 Å². The van der Waals surface area contributed by atoms with Gasteiger partial charge in [-0.1, -0.05) is 49.6 Å². The van der Waals surface area contributed by atoms with E-state index < -0.39 is 12.0 Å². The first-order valence-corrected chi connectivity index (χ1v) is 9.46. The molecule has 0 radical (unpaired) electrons. The Hall–Kier alpha value is -1.88. The third-order valence-electron chi connectivity index (χ3n) is 5.59. The lowest BCUT2D eigenvalue weighted by molar-refractivity contribution is -0.142. The van der Waals surface area contributed by atoms with Crippen molar-refractivity contribution in [3.8, 4) is 0 Å². The average molecular weight is 344 g/mol. The first kappa shape index (κ1) is 17.9. The number of carboxylic acids is 1. The van der Waals surface area contributed by atoms with Crippen molar-refractivity contribution in [2.45, 2.75) is 57.0 Å². The lowest BCUT2D eigenvalue weighted by atomic mass is 9.81. The van der Waals surface area contributed by atoms with E-state index in [0.29, 0.717) is 18.9 Å². The molecule has 0 unspecified atom stereocenters. The zero-order chi connectivity index (χ0) is 17.6. The van der Waals surface area contributed by atoms with Crippen LogP contribution in [0.4, 0.5) is 0 Å². The molecule has 2 aliphatic rings. The van der Waals surface area contributed by atoms with Crippen molar-refractivity contribution >= 4 is 11.9 Å². The third kappa shape index (κ3) is 4.60. The monoisotopic (exact) mass is 344 g/mol. The maximum Gasteiger partial charge on any atom is 0.320 e. The molecule has 0 aromatic heterocycles. The van der Waals surface area contributed by atoms with E-state index in [-0.39, 0.29) is 18.5 Å². The van der Waals surface area contributed by atoms with E-state index in [0.717, 1.165) is 24.8 Å². The molecule has 1 aromatic rings. The highest BCUT2D eigenvalue weighted by Gasteiger charge is 2.33. The Kier molecular flexibility index (Phi) is 6.08. The van der Waals surface area contributed by atoms with Crippen molar-refractivity contribution in [1.82, 2.24) is 10.2 Å². The predicted octanol–water partition coefficient (Wildman–Crippen LogP) is 2.97. The van der Waals surface area contributed by atoms with Gasteiger partial charge < -0.3 is 10.4 Å². The number of aliphatic carboxylic acids is 1. The summed E-state index contributed by atoms with van der Waals surface area (Å²) in [6.45, 7) is 0.858. The maximum atomic E-state index is 12.6. The molecule has 136 valence electrons. The second-order valence-electron chi connectivity index (χ2n) is 7.32. The van der Waals surface area contributed by atoms with Crippen molar-refractivity contribution in [3.05, 3.63) is 35.9 Å². The Morgan fingerprint density at radius 2 is 1.80 bits per heavy atom. The van der Waals surface area contributed by atoms with E-state index in [1.54, 1.807) is 4.90 Å². The fraction of sp³-hybridized carbons (Fsp3) is 0.600. The Balaban J connectivity index is 1.67. The molecule has 1 aliphatic heterocycles. The maximum absolute atomic E-state index is 12.6. The van der Waals surface area contributed by atoms with Crippen LogP contribution < -0.4 is 5.32 Å². The molecule has 1 aromatic carbocycles. The molecule has 0 bridgehead atoms. The summed E-state index contributed by atoms with van der Waals surface area (Å²) < 4.78 is 0. The first-order chi connectivity index (χ1) is 12.1. The number of rotatable bonds is 6. The normalized spacial score (nSPS) is 23.3. The molecular formula is C20H28N2O3. The minimum absolute atomic E-state index is 0.0277. The van der Waals surface area contributed by atoms with Crippen LogP contribution in [-0.4, -0.2) is 41.0 Å². The quantitative estimate of drug-likeness (QED) is 0.832. The lowest BCUT2D eigenvalue weighted by Gasteiger charge is -2.32. The van der Waals surface area contributed by atoms with Crippen LogP contribution in [0.3, 0.4) is 0 Å². The molecule has 1 heterocycles. The molecule has 5 heteroatoms. The van der Waals surface area contributed by atoms with Crippen molar-refractivity contribution in [3.63, 3.8) is 0 Å². The van der Waals surface area contributed by atoms with E-state index in [2.05, 4.69) is 17.4 Å². The summed E-state index contributed by atoms with van der Waals surface area (Å²) in [6, 6.07) is 9.68. The summed E-state index contributed by atoms with van der Waals surface area (Å²) in [4.78, 5) is 25.8. The predicted molar refractivity (Wildman–Crippen MR) is 96.1 cm³/mol. The van der Waals surface area contributed by atoms with Crippen LogP contribution >= 0.6 is 0 Å². The number of carboxylic acid groups (broad SMARTS) is 1. The third-order valence-corrected chi connectivity index (χ3v) is 5.59. The number of nitrogens with zero attached hydrogens (tertiary/aromatic N) is 1. The number of hydrogen-bond donors (Lipinski definition) is 2. The highest BCUT2D eigenvalue weighted by atomic mass is 16.4. The Morgan fingerprint density at radius 1 is 1.08 bits per heavy atom. The molecule has 25 heavy (non-hydrogen) atoms. The van der Waals surface area contributed by atoms with Crippen LogP contribution in [-0.2, 0) is 9.59 Å². The van der Waals surface area contributed by atoms with Gasteiger partial charge >= 0.3 is 5.97 Å². The van der Waals surface area contributed by atoms with E-state index in [1.165, 1.54) is 19.3 Å². The van der Waals surface area contributed by atoms with Crippen molar-refractivity contribution < 1.29 is 14.7 Å². The fourth-order valence-corrected chi connectivity index (χ4v) is 4.30. The molecule has 0 spiro atoms. The van der Waals surface area contributed by atoms with Crippen molar-refractivity contribution in [2.75, 3.05) is 13.1 Å². The largest absolute Gasteiger partial charge is 0.480 e. The van der Waals surface area contributed by atoms with Gasteiger partial charge in [0.1, 0.15) is 6.04 Å². The van der Waals surface area contributed by atoms with E-state index >= 15 is 0 Å². The zero-order valence-electron chi connectivity index (χ0n) is 14.7. The Morgan fingerprint density at radius 3 is 2.48 bits per heavy atom. The molecular weight excluding hydrogens is 316 g/mol. The minimum atomic E-state index is -0.822. The Labute approximate surface area is 149 Å². The van der Waals surface area contributed by atoms with E-state index in [9.17, 15) is 14.7 Å². The summed E-state index contributed by atoms with van der Waals surface area (Å²) in [5.41, 5.74) is 1.15. The molecule has 1 amide bonds. The summed E-state index contributed by atoms with van der Waals surface area (Å²) in [5.74, 6) is -0.418. The summed E-state index contributed by atoms with van der Waals surface area (Å²) in [7, 11) is 0. The van der Waals surface area contributed by atoms with Gasteiger partial charge in [-0.15, -0.1) is 0 Å². The molecule has 2 N–H and O–H groups in total. The molecule has 5 nitrogen and oxygen atoms in total. The number of nitrogens with one attached hydrogen (secondary N) is 1. The van der Waals surface area contributed by atoms with Crippen LogP contribution in [0.15, 0.2) is 30.3 Å². The number of hydrogen-bond acceptors (Lipinski definition) is 3. The van der Waals surface area contributed by atoms with Crippen LogP contribution in [0.5, 0.6) is 0 Å². The van der Waals surface area contributed by atoms with Gasteiger partial charge in [-0.3, -0.25) is 14.5 Å². The lowest BCUT2D eigenvalue weighted by Crippen LogP contribution is -2.45. The molecule has 1 saturated carbocycles. The SMILES string of the molecule is O=C(CN1CCC[C@@H]1C(=O)O)N[C@H](c1ccccc1)C1CCCCC1. The summed E-state index contributed by atoms with van der Waals surface area (Å²) in [6.07, 6.45) is 7.47. The topological polar surface area (TPSA) is 69.6 Å². The van der Waals surface area contributed by atoms with E-state index in [4.69, 9.17) is 0 Å². The van der Waals surface area contributed by atoms with Gasteiger partial charge in [-0.2, -0.15) is 0 Å². The second-order valence-corrected chi connectivity index (χ2v) is 7.32. The number of benzene rings is 1. The molecule has 2 atom stereocenters. The number of likely N-dealkylation sites (tertiary alicyclic amines) is 1. The van der Waals surface area contributed by atoms with Crippen LogP contribution in [0, 0.1) is 5.92 Å². The highest BCUT2D eigenvalue weighted by Crippen LogP contribution is 2.34. The first-order valence-electron chi connectivity index (χ1n) is 9.46. The molecule has 3 rings (SSSR count). The van der Waals surface area contributed by atoms with Gasteiger partial charge in [0.15, 0.2) is 0 Å². The minimum Gasteiger partial charge on any atom is -0.480 e. The average Bonchev–Trinajstić information content (AvgIpc) is 3.09. The summed E-state index contributed by atoms with van der Waals surface area (Å²) in [5, 5.41) is 12.5. The van der Waals surface area contributed by atoms with Crippen LogP contribution in [0.1, 0.15) is 56.6 Å². The fourth-order valence-electron chi connectivity index (χ4n) is 4.30. The molecule has 1 saturated heterocycles. The zero-order valence-corrected chi connectivity index (χ0v) is 14.7. The van der Waals surface area contributed by atoms with Gasteiger partial charge in [0.2, 0.25) is 5.91 Å².